The third-order valence-electron chi connectivity index (χ3n) is 2.71. The molecule has 0 aromatic carbocycles. The summed E-state index contributed by atoms with van der Waals surface area (Å²) in [4.78, 5) is 33.9. The van der Waals surface area contributed by atoms with Crippen LogP contribution in [0.4, 0.5) is 0 Å². The minimum absolute atomic E-state index is 0.143. The van der Waals surface area contributed by atoms with Gasteiger partial charge in [-0.15, -0.1) is 0 Å². The van der Waals surface area contributed by atoms with Gasteiger partial charge in [0.2, 0.25) is 17.7 Å². The van der Waals surface area contributed by atoms with Gasteiger partial charge in [0.05, 0.1) is 0 Å². The molecule has 3 amide bonds. The van der Waals surface area contributed by atoms with Gasteiger partial charge in [-0.25, -0.2) is 0 Å². The van der Waals surface area contributed by atoms with E-state index in [-0.39, 0.29) is 18.2 Å². The maximum atomic E-state index is 11.6. The molecule has 1 heterocycles. The predicted octanol–water partition coefficient (Wildman–Crippen LogP) is -0.314. The molecule has 1 aliphatic heterocycles. The van der Waals surface area contributed by atoms with Gasteiger partial charge in [-0.3, -0.25) is 19.7 Å². The number of amides is 3. The smallest absolute Gasteiger partial charge is 0.249 e. The third-order valence-corrected chi connectivity index (χ3v) is 2.71. The minimum Gasteiger partial charge on any atom is -0.344 e. The molecule has 0 saturated carbocycles. The summed E-state index contributed by atoms with van der Waals surface area (Å²) in [5.41, 5.74) is 0. The van der Waals surface area contributed by atoms with Gasteiger partial charge in [0.15, 0.2) is 0 Å². The molecule has 0 bridgehead atoms. The fourth-order valence-electron chi connectivity index (χ4n) is 1.74. The minimum atomic E-state index is -0.562. The van der Waals surface area contributed by atoms with Gasteiger partial charge in [-0.05, 0) is 19.4 Å². The summed E-state index contributed by atoms with van der Waals surface area (Å²) < 4.78 is 0. The van der Waals surface area contributed by atoms with E-state index in [1.807, 2.05) is 13.8 Å². The number of piperidine rings is 1. The number of carbonyl (C=O) groups is 3. The molecule has 3 N–H and O–H groups in total. The van der Waals surface area contributed by atoms with Crippen LogP contribution in [0.25, 0.3) is 0 Å². The summed E-state index contributed by atoms with van der Waals surface area (Å²) in [7, 11) is 0. The van der Waals surface area contributed by atoms with Crippen molar-refractivity contribution in [2.75, 3.05) is 6.54 Å². The fraction of sp³-hybridized carbons (Fsp3) is 0.750. The standard InChI is InChI=1S/C12H21N3O3/c1-8(2)13-7-3-4-10(16)14-9-5-6-11(17)15-12(9)18/h8-9,13H,3-7H2,1-2H3,(H,14,16)(H,15,17,18). The van der Waals surface area contributed by atoms with Crippen LogP contribution >= 0.6 is 0 Å². The van der Waals surface area contributed by atoms with Crippen molar-refractivity contribution in [3.8, 4) is 0 Å². The van der Waals surface area contributed by atoms with E-state index in [0.29, 0.717) is 18.9 Å². The zero-order chi connectivity index (χ0) is 13.5. The van der Waals surface area contributed by atoms with Crippen molar-refractivity contribution in [2.45, 2.75) is 51.6 Å². The topological polar surface area (TPSA) is 87.3 Å². The van der Waals surface area contributed by atoms with Gasteiger partial charge >= 0.3 is 0 Å². The highest BCUT2D eigenvalue weighted by molar-refractivity contribution is 6.01. The van der Waals surface area contributed by atoms with E-state index in [1.165, 1.54) is 0 Å². The van der Waals surface area contributed by atoms with E-state index in [0.717, 1.165) is 13.0 Å². The molecule has 1 rings (SSSR count). The lowest BCUT2D eigenvalue weighted by atomic mass is 10.1. The molecule has 6 nitrogen and oxygen atoms in total. The van der Waals surface area contributed by atoms with Crippen LogP contribution in [-0.4, -0.2) is 36.3 Å². The fourth-order valence-corrected chi connectivity index (χ4v) is 1.74. The Morgan fingerprint density at radius 3 is 2.78 bits per heavy atom. The summed E-state index contributed by atoms with van der Waals surface area (Å²) in [6.45, 7) is 4.87. The maximum Gasteiger partial charge on any atom is 0.249 e. The summed E-state index contributed by atoms with van der Waals surface area (Å²) in [5, 5.41) is 8.07. The highest BCUT2D eigenvalue weighted by Crippen LogP contribution is 2.04. The van der Waals surface area contributed by atoms with Crippen molar-refractivity contribution in [1.82, 2.24) is 16.0 Å². The van der Waals surface area contributed by atoms with Gasteiger partial charge in [0.1, 0.15) is 6.04 Å². The molecule has 1 saturated heterocycles. The van der Waals surface area contributed by atoms with Crippen LogP contribution in [0, 0.1) is 0 Å². The quantitative estimate of drug-likeness (QED) is 0.448. The van der Waals surface area contributed by atoms with Crippen molar-refractivity contribution in [3.63, 3.8) is 0 Å². The zero-order valence-corrected chi connectivity index (χ0v) is 10.9. The van der Waals surface area contributed by atoms with E-state index in [2.05, 4.69) is 16.0 Å². The lowest BCUT2D eigenvalue weighted by molar-refractivity contribution is -0.137. The summed E-state index contributed by atoms with van der Waals surface area (Å²) in [6.07, 6.45) is 1.79. The first kappa shape index (κ1) is 14.6. The van der Waals surface area contributed by atoms with E-state index in [9.17, 15) is 14.4 Å². The number of imide groups is 1. The van der Waals surface area contributed by atoms with Crippen LogP contribution in [-0.2, 0) is 14.4 Å². The summed E-state index contributed by atoms with van der Waals surface area (Å²) in [5.74, 6) is -0.818. The number of hydrogen-bond acceptors (Lipinski definition) is 4. The van der Waals surface area contributed by atoms with E-state index in [1.54, 1.807) is 0 Å². The molecule has 0 aliphatic carbocycles. The zero-order valence-electron chi connectivity index (χ0n) is 10.9. The lowest BCUT2D eigenvalue weighted by Gasteiger charge is -2.21. The van der Waals surface area contributed by atoms with Crippen molar-refractivity contribution in [1.29, 1.82) is 0 Å². The average molecular weight is 255 g/mol. The van der Waals surface area contributed by atoms with Crippen molar-refractivity contribution < 1.29 is 14.4 Å². The van der Waals surface area contributed by atoms with Crippen molar-refractivity contribution in [2.24, 2.45) is 0 Å². The first-order valence-electron chi connectivity index (χ1n) is 6.35. The summed E-state index contributed by atoms with van der Waals surface area (Å²) >= 11 is 0. The van der Waals surface area contributed by atoms with Crippen LogP contribution in [0.15, 0.2) is 0 Å². The van der Waals surface area contributed by atoms with Gasteiger partial charge in [-0.2, -0.15) is 0 Å². The Balaban J connectivity index is 2.19. The van der Waals surface area contributed by atoms with Gasteiger partial charge < -0.3 is 10.6 Å². The number of rotatable bonds is 6. The molecule has 0 aromatic heterocycles. The van der Waals surface area contributed by atoms with Crippen molar-refractivity contribution >= 4 is 17.7 Å². The average Bonchev–Trinajstić information content (AvgIpc) is 2.28. The normalized spacial score (nSPS) is 19.8. The second-order valence-corrected chi connectivity index (χ2v) is 4.78. The van der Waals surface area contributed by atoms with E-state index in [4.69, 9.17) is 0 Å². The van der Waals surface area contributed by atoms with Crippen LogP contribution in [0.2, 0.25) is 0 Å². The molecular weight excluding hydrogens is 234 g/mol. The van der Waals surface area contributed by atoms with Gasteiger partial charge in [0.25, 0.3) is 0 Å². The first-order valence-corrected chi connectivity index (χ1v) is 6.35. The molecule has 1 atom stereocenters. The highest BCUT2D eigenvalue weighted by atomic mass is 16.2. The molecule has 0 aromatic rings. The van der Waals surface area contributed by atoms with Crippen molar-refractivity contribution in [3.05, 3.63) is 0 Å². The maximum absolute atomic E-state index is 11.6. The number of carbonyl (C=O) groups excluding carboxylic acids is 3. The number of hydrogen-bond donors (Lipinski definition) is 3. The predicted molar refractivity (Wildman–Crippen MR) is 66.7 cm³/mol. The lowest BCUT2D eigenvalue weighted by Crippen LogP contribution is -2.52. The molecule has 1 unspecified atom stereocenters. The van der Waals surface area contributed by atoms with Crippen LogP contribution in [0.3, 0.4) is 0 Å². The molecule has 18 heavy (non-hydrogen) atoms. The second-order valence-electron chi connectivity index (χ2n) is 4.78. The Hall–Kier alpha value is -1.43. The largest absolute Gasteiger partial charge is 0.344 e. The molecule has 1 fully saturated rings. The molecule has 0 spiro atoms. The molecule has 0 radical (unpaired) electrons. The first-order chi connectivity index (χ1) is 8.49. The Labute approximate surface area is 107 Å². The Bertz CT molecular complexity index is 329. The van der Waals surface area contributed by atoms with Gasteiger partial charge in [0, 0.05) is 18.9 Å². The van der Waals surface area contributed by atoms with Gasteiger partial charge in [-0.1, -0.05) is 13.8 Å². The van der Waals surface area contributed by atoms with E-state index < -0.39 is 11.9 Å². The summed E-state index contributed by atoms with van der Waals surface area (Å²) in [6, 6.07) is -0.156. The van der Waals surface area contributed by atoms with E-state index >= 15 is 0 Å². The number of nitrogens with one attached hydrogen (secondary N) is 3. The molecule has 1 aliphatic rings. The Morgan fingerprint density at radius 2 is 2.17 bits per heavy atom. The molecule has 6 heteroatoms. The van der Waals surface area contributed by atoms with Crippen LogP contribution in [0.1, 0.15) is 39.5 Å². The Kier molecular flexibility index (Phi) is 5.77. The molecular formula is C12H21N3O3. The Morgan fingerprint density at radius 1 is 1.44 bits per heavy atom. The SMILES string of the molecule is CC(C)NCCCC(=O)NC1CCC(=O)NC1=O. The highest BCUT2D eigenvalue weighted by Gasteiger charge is 2.27. The van der Waals surface area contributed by atoms with Crippen LogP contribution in [0.5, 0.6) is 0 Å². The third kappa shape index (κ3) is 5.27. The monoisotopic (exact) mass is 255 g/mol. The second kappa shape index (κ2) is 7.10. The van der Waals surface area contributed by atoms with Crippen LogP contribution < -0.4 is 16.0 Å². The molecule has 102 valence electrons.